The van der Waals surface area contributed by atoms with Gasteiger partial charge in [-0.15, -0.1) is 24.0 Å². The summed E-state index contributed by atoms with van der Waals surface area (Å²) in [6, 6.07) is 6.58. The zero-order valence-electron chi connectivity index (χ0n) is 19.9. The van der Waals surface area contributed by atoms with Crippen molar-refractivity contribution in [2.24, 2.45) is 10.9 Å². The molecule has 2 rings (SSSR count). The number of aliphatic imine (C=N–C) groups is 1. The van der Waals surface area contributed by atoms with Crippen LogP contribution >= 0.6 is 24.0 Å². The fourth-order valence-electron chi connectivity index (χ4n) is 3.95. The molecule has 0 bridgehead atoms. The number of benzene rings is 1. The van der Waals surface area contributed by atoms with E-state index in [9.17, 15) is 4.79 Å². The van der Waals surface area contributed by atoms with Gasteiger partial charge in [0.05, 0.1) is 13.2 Å². The number of hydrogen-bond acceptors (Lipinski definition) is 3. The molecule has 1 amide bonds. The van der Waals surface area contributed by atoms with Crippen molar-refractivity contribution >= 4 is 35.8 Å². The Hall–Kier alpha value is -1.51. The number of amides is 1. The third-order valence-electron chi connectivity index (χ3n) is 5.79. The van der Waals surface area contributed by atoms with Crippen molar-refractivity contribution in [3.63, 3.8) is 0 Å². The quantitative estimate of drug-likeness (QED) is 0.273. The molecule has 1 aliphatic heterocycles. The molecule has 0 radical (unpaired) electrons. The number of ether oxygens (including phenoxy) is 1. The van der Waals surface area contributed by atoms with Gasteiger partial charge in [-0.3, -0.25) is 4.79 Å². The standard InChI is InChI=1S/C24H40N4O2.HI/c1-6-20(7-2)23(29)28-14-12-21(13-15-28)27-24(25-8-3)26-17-19-10-11-22(30-9-4)18(5)16-19;/h10-11,16,20-21H,6-9,12-15,17H2,1-5H3,(H2,25,26,27);1H. The van der Waals surface area contributed by atoms with Crippen LogP contribution in [-0.2, 0) is 11.3 Å². The van der Waals surface area contributed by atoms with Crippen molar-refractivity contribution in [3.05, 3.63) is 29.3 Å². The minimum Gasteiger partial charge on any atom is -0.494 e. The number of carbonyl (C=O) groups is 1. The van der Waals surface area contributed by atoms with Crippen molar-refractivity contribution in [1.82, 2.24) is 15.5 Å². The smallest absolute Gasteiger partial charge is 0.225 e. The second-order valence-corrected chi connectivity index (χ2v) is 7.99. The van der Waals surface area contributed by atoms with E-state index < -0.39 is 0 Å². The molecule has 1 aromatic carbocycles. The maximum Gasteiger partial charge on any atom is 0.225 e. The van der Waals surface area contributed by atoms with E-state index in [1.807, 2.05) is 17.9 Å². The van der Waals surface area contributed by atoms with Gasteiger partial charge in [0, 0.05) is 31.6 Å². The topological polar surface area (TPSA) is 66.0 Å². The molecule has 1 aliphatic rings. The number of rotatable bonds is 9. The first-order chi connectivity index (χ1) is 14.5. The van der Waals surface area contributed by atoms with Crippen LogP contribution in [-0.4, -0.2) is 49.0 Å². The summed E-state index contributed by atoms with van der Waals surface area (Å²) in [7, 11) is 0. The first-order valence-corrected chi connectivity index (χ1v) is 11.6. The van der Waals surface area contributed by atoms with E-state index in [0.717, 1.165) is 62.6 Å². The average molecular weight is 545 g/mol. The Morgan fingerprint density at radius 2 is 1.87 bits per heavy atom. The van der Waals surface area contributed by atoms with E-state index in [4.69, 9.17) is 9.73 Å². The van der Waals surface area contributed by atoms with Crippen LogP contribution in [0.15, 0.2) is 23.2 Å². The van der Waals surface area contributed by atoms with E-state index in [-0.39, 0.29) is 29.9 Å². The summed E-state index contributed by atoms with van der Waals surface area (Å²) in [5, 5.41) is 6.92. The molecule has 0 saturated carbocycles. The van der Waals surface area contributed by atoms with Crippen LogP contribution in [0.1, 0.15) is 64.5 Å². The van der Waals surface area contributed by atoms with Gasteiger partial charge in [-0.2, -0.15) is 0 Å². The lowest BCUT2D eigenvalue weighted by Crippen LogP contribution is -2.50. The molecule has 1 aromatic rings. The Kier molecular flexibility index (Phi) is 12.9. The number of piperidine rings is 1. The normalized spacial score (nSPS) is 14.9. The molecule has 0 spiro atoms. The second-order valence-electron chi connectivity index (χ2n) is 7.99. The number of aryl methyl sites for hydroxylation is 1. The molecule has 31 heavy (non-hydrogen) atoms. The van der Waals surface area contributed by atoms with Crippen LogP contribution in [0.3, 0.4) is 0 Å². The highest BCUT2D eigenvalue weighted by Crippen LogP contribution is 2.20. The molecule has 1 fully saturated rings. The van der Waals surface area contributed by atoms with Gasteiger partial charge >= 0.3 is 0 Å². The Morgan fingerprint density at radius 1 is 1.19 bits per heavy atom. The summed E-state index contributed by atoms with van der Waals surface area (Å²) in [5.41, 5.74) is 2.30. The van der Waals surface area contributed by atoms with Crippen LogP contribution in [0.2, 0.25) is 0 Å². The van der Waals surface area contributed by atoms with Crippen LogP contribution in [0, 0.1) is 12.8 Å². The monoisotopic (exact) mass is 544 g/mol. The third kappa shape index (κ3) is 8.50. The number of nitrogens with one attached hydrogen (secondary N) is 2. The number of likely N-dealkylation sites (tertiary alicyclic amines) is 1. The predicted molar refractivity (Wildman–Crippen MR) is 139 cm³/mol. The average Bonchev–Trinajstić information content (AvgIpc) is 2.75. The summed E-state index contributed by atoms with van der Waals surface area (Å²) in [6.45, 7) is 14.1. The van der Waals surface area contributed by atoms with E-state index in [2.05, 4.69) is 50.5 Å². The highest BCUT2D eigenvalue weighted by atomic mass is 127. The number of halogens is 1. The van der Waals surface area contributed by atoms with Gasteiger partial charge in [0.15, 0.2) is 5.96 Å². The lowest BCUT2D eigenvalue weighted by atomic mass is 9.98. The Morgan fingerprint density at radius 3 is 2.42 bits per heavy atom. The maximum atomic E-state index is 12.6. The zero-order chi connectivity index (χ0) is 21.9. The fourth-order valence-corrected chi connectivity index (χ4v) is 3.95. The number of guanidine groups is 1. The van der Waals surface area contributed by atoms with Gasteiger partial charge in [-0.1, -0.05) is 26.0 Å². The molecule has 176 valence electrons. The van der Waals surface area contributed by atoms with Gasteiger partial charge in [-0.25, -0.2) is 4.99 Å². The molecule has 6 nitrogen and oxygen atoms in total. The van der Waals surface area contributed by atoms with E-state index in [1.165, 1.54) is 5.56 Å². The minimum atomic E-state index is 0. The molecule has 0 aromatic heterocycles. The molecular weight excluding hydrogens is 503 g/mol. The summed E-state index contributed by atoms with van der Waals surface area (Å²) < 4.78 is 5.62. The van der Waals surface area contributed by atoms with E-state index in [0.29, 0.717) is 25.1 Å². The van der Waals surface area contributed by atoms with Gasteiger partial charge < -0.3 is 20.3 Å². The second kappa shape index (κ2) is 14.5. The van der Waals surface area contributed by atoms with Crippen molar-refractivity contribution in [1.29, 1.82) is 0 Å². The number of carbonyl (C=O) groups excluding carboxylic acids is 1. The summed E-state index contributed by atoms with van der Waals surface area (Å²) in [4.78, 5) is 19.4. The Labute approximate surface area is 205 Å². The number of hydrogen-bond donors (Lipinski definition) is 2. The first-order valence-electron chi connectivity index (χ1n) is 11.6. The van der Waals surface area contributed by atoms with Crippen molar-refractivity contribution < 1.29 is 9.53 Å². The molecule has 0 unspecified atom stereocenters. The van der Waals surface area contributed by atoms with Gasteiger partial charge in [0.2, 0.25) is 5.91 Å². The van der Waals surface area contributed by atoms with Crippen LogP contribution < -0.4 is 15.4 Å². The number of nitrogens with zero attached hydrogens (tertiary/aromatic N) is 2. The fraction of sp³-hybridized carbons (Fsp3) is 0.667. The van der Waals surface area contributed by atoms with Crippen molar-refractivity contribution in [3.8, 4) is 5.75 Å². The Bertz CT molecular complexity index is 699. The molecular formula is C24H41IN4O2. The van der Waals surface area contributed by atoms with Crippen LogP contribution in [0.5, 0.6) is 5.75 Å². The van der Waals surface area contributed by atoms with E-state index >= 15 is 0 Å². The van der Waals surface area contributed by atoms with Gasteiger partial charge in [0.1, 0.15) is 5.75 Å². The largest absolute Gasteiger partial charge is 0.494 e. The molecule has 0 aliphatic carbocycles. The minimum absolute atomic E-state index is 0. The van der Waals surface area contributed by atoms with Crippen LogP contribution in [0.25, 0.3) is 0 Å². The molecule has 2 N–H and O–H groups in total. The highest BCUT2D eigenvalue weighted by Gasteiger charge is 2.26. The Balaban J connectivity index is 0.00000480. The predicted octanol–water partition coefficient (Wildman–Crippen LogP) is 4.49. The summed E-state index contributed by atoms with van der Waals surface area (Å²) in [5.74, 6) is 2.27. The maximum absolute atomic E-state index is 12.6. The van der Waals surface area contributed by atoms with Crippen molar-refractivity contribution in [2.75, 3.05) is 26.2 Å². The molecule has 7 heteroatoms. The van der Waals surface area contributed by atoms with Gasteiger partial charge in [-0.05, 0) is 63.6 Å². The molecule has 0 atom stereocenters. The van der Waals surface area contributed by atoms with Crippen molar-refractivity contribution in [2.45, 2.75) is 72.9 Å². The van der Waals surface area contributed by atoms with Crippen LogP contribution in [0.4, 0.5) is 0 Å². The SMILES string of the molecule is CCNC(=NCc1ccc(OCC)c(C)c1)NC1CCN(C(=O)C(CC)CC)CC1.I. The highest BCUT2D eigenvalue weighted by molar-refractivity contribution is 14.0. The summed E-state index contributed by atoms with van der Waals surface area (Å²) in [6.07, 6.45) is 3.77. The summed E-state index contributed by atoms with van der Waals surface area (Å²) >= 11 is 0. The zero-order valence-corrected chi connectivity index (χ0v) is 22.2. The first kappa shape index (κ1) is 27.5. The lowest BCUT2D eigenvalue weighted by Gasteiger charge is -2.34. The van der Waals surface area contributed by atoms with Gasteiger partial charge in [0.25, 0.3) is 0 Å². The lowest BCUT2D eigenvalue weighted by molar-refractivity contribution is -0.136. The van der Waals surface area contributed by atoms with E-state index in [1.54, 1.807) is 0 Å². The molecule has 1 saturated heterocycles. The third-order valence-corrected chi connectivity index (χ3v) is 5.79. The molecule has 1 heterocycles.